The van der Waals surface area contributed by atoms with Crippen LogP contribution in [0.15, 0.2) is 53.3 Å². The van der Waals surface area contributed by atoms with E-state index in [1.54, 1.807) is 6.26 Å². The lowest BCUT2D eigenvalue weighted by molar-refractivity contribution is -0.135. The van der Waals surface area contributed by atoms with Gasteiger partial charge in [-0.1, -0.05) is 18.2 Å². The minimum Gasteiger partial charge on any atom is -0.467 e. The number of nitrogens with one attached hydrogen (secondary N) is 1. The number of benzene rings is 1. The summed E-state index contributed by atoms with van der Waals surface area (Å²) < 4.78 is 5.56. The van der Waals surface area contributed by atoms with E-state index in [9.17, 15) is 4.79 Å². The maximum Gasteiger partial charge on any atom is 0.223 e. The molecule has 24 heavy (non-hydrogen) atoms. The summed E-state index contributed by atoms with van der Waals surface area (Å²) in [6.45, 7) is 0.831. The van der Waals surface area contributed by atoms with Crippen LogP contribution >= 0.6 is 0 Å². The van der Waals surface area contributed by atoms with E-state index in [0.717, 1.165) is 43.5 Å². The smallest absolute Gasteiger partial charge is 0.223 e. The van der Waals surface area contributed by atoms with Crippen molar-refractivity contribution in [3.05, 3.63) is 60.2 Å². The van der Waals surface area contributed by atoms with Crippen LogP contribution in [0, 0.1) is 0 Å². The Bertz CT molecular complexity index is 819. The lowest BCUT2D eigenvalue weighted by Gasteiger charge is -2.34. The number of hydrogen-bond acceptors (Lipinski definition) is 2. The van der Waals surface area contributed by atoms with Crippen LogP contribution in [0.1, 0.15) is 43.0 Å². The molecule has 4 nitrogen and oxygen atoms in total. The van der Waals surface area contributed by atoms with Crippen molar-refractivity contribution in [2.75, 3.05) is 6.54 Å². The maximum atomic E-state index is 12.8. The summed E-state index contributed by atoms with van der Waals surface area (Å²) in [5.41, 5.74) is 2.34. The van der Waals surface area contributed by atoms with Gasteiger partial charge >= 0.3 is 0 Å². The highest BCUT2D eigenvalue weighted by Crippen LogP contribution is 2.32. The van der Waals surface area contributed by atoms with Crippen molar-refractivity contribution >= 4 is 16.8 Å². The molecule has 1 saturated heterocycles. The summed E-state index contributed by atoms with van der Waals surface area (Å²) in [5, 5.41) is 1.21. The van der Waals surface area contributed by atoms with Crippen LogP contribution in [0.25, 0.3) is 10.9 Å². The monoisotopic (exact) mass is 322 g/mol. The van der Waals surface area contributed by atoms with Gasteiger partial charge in [-0.25, -0.2) is 0 Å². The summed E-state index contributed by atoms with van der Waals surface area (Å²) in [4.78, 5) is 18.1. The Balaban J connectivity index is 1.47. The zero-order valence-electron chi connectivity index (χ0n) is 13.7. The molecule has 3 heterocycles. The first-order valence-corrected chi connectivity index (χ1v) is 8.71. The van der Waals surface area contributed by atoms with E-state index < -0.39 is 0 Å². The highest BCUT2D eigenvalue weighted by Gasteiger charge is 2.29. The van der Waals surface area contributed by atoms with Gasteiger partial charge < -0.3 is 14.3 Å². The van der Waals surface area contributed by atoms with E-state index in [1.807, 2.05) is 35.4 Å². The second kappa shape index (κ2) is 6.56. The van der Waals surface area contributed by atoms with Gasteiger partial charge in [0.1, 0.15) is 5.76 Å². The van der Waals surface area contributed by atoms with Gasteiger partial charge in [-0.15, -0.1) is 0 Å². The van der Waals surface area contributed by atoms with Crippen LogP contribution in [-0.2, 0) is 11.2 Å². The molecule has 0 unspecified atom stereocenters. The minimum atomic E-state index is 0.101. The molecular formula is C20H22N2O2. The third-order valence-electron chi connectivity index (χ3n) is 4.98. The summed E-state index contributed by atoms with van der Waals surface area (Å²) in [6, 6.07) is 12.2. The number of aromatic amines is 1. The average Bonchev–Trinajstić information content (AvgIpc) is 3.30. The number of H-pyrrole nitrogens is 1. The first-order valence-electron chi connectivity index (χ1n) is 8.71. The largest absolute Gasteiger partial charge is 0.467 e. The van der Waals surface area contributed by atoms with E-state index in [2.05, 4.69) is 17.1 Å². The molecule has 1 aliphatic heterocycles. The van der Waals surface area contributed by atoms with E-state index in [0.29, 0.717) is 6.42 Å². The number of para-hydroxylation sites is 1. The highest BCUT2D eigenvalue weighted by molar-refractivity contribution is 5.84. The summed E-state index contributed by atoms with van der Waals surface area (Å²) in [5.74, 6) is 1.14. The molecular weight excluding hydrogens is 300 g/mol. The topological polar surface area (TPSA) is 49.2 Å². The fourth-order valence-corrected chi connectivity index (χ4v) is 3.73. The molecule has 1 fully saturated rings. The van der Waals surface area contributed by atoms with Crippen molar-refractivity contribution in [1.82, 2.24) is 9.88 Å². The number of furan rings is 1. The quantitative estimate of drug-likeness (QED) is 0.771. The molecule has 0 spiro atoms. The van der Waals surface area contributed by atoms with Gasteiger partial charge in [0, 0.05) is 30.1 Å². The molecule has 4 heteroatoms. The Morgan fingerprint density at radius 1 is 1.21 bits per heavy atom. The van der Waals surface area contributed by atoms with Crippen LogP contribution < -0.4 is 0 Å². The van der Waals surface area contributed by atoms with E-state index in [-0.39, 0.29) is 11.9 Å². The van der Waals surface area contributed by atoms with Crippen molar-refractivity contribution in [2.45, 2.75) is 38.1 Å². The van der Waals surface area contributed by atoms with Crippen LogP contribution in [0.2, 0.25) is 0 Å². The molecule has 0 radical (unpaired) electrons. The Labute approximate surface area is 141 Å². The SMILES string of the molecule is O=C(CCc1c[nH]c2ccccc12)N1CCCC[C@H]1c1ccco1. The molecule has 124 valence electrons. The predicted molar refractivity (Wildman–Crippen MR) is 93.6 cm³/mol. The van der Waals surface area contributed by atoms with Crippen molar-refractivity contribution in [2.24, 2.45) is 0 Å². The van der Waals surface area contributed by atoms with Gasteiger partial charge in [0.05, 0.1) is 12.3 Å². The number of carbonyl (C=O) groups excluding carboxylic acids is 1. The number of rotatable bonds is 4. The van der Waals surface area contributed by atoms with Crippen molar-refractivity contribution in [1.29, 1.82) is 0 Å². The van der Waals surface area contributed by atoms with Crippen molar-refractivity contribution in [3.8, 4) is 0 Å². The molecule has 2 aromatic heterocycles. The van der Waals surface area contributed by atoms with Gasteiger partial charge in [-0.2, -0.15) is 0 Å². The zero-order chi connectivity index (χ0) is 16.4. The van der Waals surface area contributed by atoms with Crippen LogP contribution in [0.5, 0.6) is 0 Å². The first-order chi connectivity index (χ1) is 11.8. The second-order valence-electron chi connectivity index (χ2n) is 6.47. The van der Waals surface area contributed by atoms with Crippen molar-refractivity contribution < 1.29 is 9.21 Å². The summed E-state index contributed by atoms with van der Waals surface area (Å²) in [6.07, 6.45) is 8.25. The zero-order valence-corrected chi connectivity index (χ0v) is 13.7. The second-order valence-corrected chi connectivity index (χ2v) is 6.47. The van der Waals surface area contributed by atoms with Crippen LogP contribution in [0.3, 0.4) is 0 Å². The van der Waals surface area contributed by atoms with Crippen LogP contribution in [0.4, 0.5) is 0 Å². The first kappa shape index (κ1) is 15.1. The Kier molecular flexibility index (Phi) is 4.11. The predicted octanol–water partition coefficient (Wildman–Crippen LogP) is 4.45. The standard InChI is InChI=1S/C20H22N2O2/c23-20(11-10-15-14-21-17-7-2-1-6-16(15)17)22-12-4-3-8-18(22)19-9-5-13-24-19/h1-2,5-7,9,13-14,18,21H,3-4,8,10-12H2/t18-/m0/s1. The summed E-state index contributed by atoms with van der Waals surface area (Å²) >= 11 is 0. The number of likely N-dealkylation sites (tertiary alicyclic amines) is 1. The third-order valence-corrected chi connectivity index (χ3v) is 4.98. The maximum absolute atomic E-state index is 12.8. The molecule has 1 amide bonds. The normalized spacial score (nSPS) is 18.2. The number of fused-ring (bicyclic) bond motifs is 1. The van der Waals surface area contributed by atoms with E-state index in [4.69, 9.17) is 4.42 Å². The molecule has 0 aliphatic carbocycles. The van der Waals surface area contributed by atoms with Gasteiger partial charge in [0.25, 0.3) is 0 Å². The van der Waals surface area contributed by atoms with Crippen LogP contribution in [-0.4, -0.2) is 22.3 Å². The fraction of sp³-hybridized carbons (Fsp3) is 0.350. The molecule has 1 aromatic carbocycles. The molecule has 1 N–H and O–H groups in total. The number of carbonyl (C=O) groups is 1. The van der Waals surface area contributed by atoms with Gasteiger partial charge in [0.2, 0.25) is 5.91 Å². The van der Waals surface area contributed by atoms with E-state index in [1.165, 1.54) is 10.9 Å². The Hall–Kier alpha value is -2.49. The molecule has 3 aromatic rings. The highest BCUT2D eigenvalue weighted by atomic mass is 16.3. The number of hydrogen-bond donors (Lipinski definition) is 1. The summed E-state index contributed by atoms with van der Waals surface area (Å²) in [7, 11) is 0. The lowest BCUT2D eigenvalue weighted by atomic mass is 9.99. The number of aromatic nitrogens is 1. The third kappa shape index (κ3) is 2.84. The van der Waals surface area contributed by atoms with E-state index >= 15 is 0 Å². The van der Waals surface area contributed by atoms with Crippen molar-refractivity contribution in [3.63, 3.8) is 0 Å². The molecule has 0 saturated carbocycles. The molecule has 1 aliphatic rings. The van der Waals surface area contributed by atoms with Gasteiger partial charge in [-0.05, 0) is 49.4 Å². The van der Waals surface area contributed by atoms with Gasteiger partial charge in [0.15, 0.2) is 0 Å². The molecule has 4 rings (SSSR count). The minimum absolute atomic E-state index is 0.101. The lowest BCUT2D eigenvalue weighted by Crippen LogP contribution is -2.38. The fourth-order valence-electron chi connectivity index (χ4n) is 3.73. The van der Waals surface area contributed by atoms with Gasteiger partial charge in [-0.3, -0.25) is 4.79 Å². The number of piperidine rings is 1. The Morgan fingerprint density at radius 3 is 3.00 bits per heavy atom. The molecule has 0 bridgehead atoms. The Morgan fingerprint density at radius 2 is 2.12 bits per heavy atom. The number of aryl methyl sites for hydroxylation is 1. The number of amides is 1. The molecule has 1 atom stereocenters. The number of nitrogens with zero attached hydrogens (tertiary/aromatic N) is 1. The average molecular weight is 322 g/mol.